The summed E-state index contributed by atoms with van der Waals surface area (Å²) < 4.78 is 5.78. The summed E-state index contributed by atoms with van der Waals surface area (Å²) in [5.41, 5.74) is 0.509. The molecule has 1 atom stereocenters. The summed E-state index contributed by atoms with van der Waals surface area (Å²) in [6.45, 7) is 0.161. The molecule has 1 amide bonds. The Morgan fingerprint density at radius 1 is 1.50 bits per heavy atom. The molecule has 1 rings (SSSR count). The molecule has 0 radical (unpaired) electrons. The smallest absolute Gasteiger partial charge is 0.306 e. The van der Waals surface area contributed by atoms with E-state index in [0.29, 0.717) is 5.56 Å². The Kier molecular flexibility index (Phi) is 5.80. The average molecular weight is 316 g/mol. The minimum atomic E-state index is -0.960. The Morgan fingerprint density at radius 2 is 2.22 bits per heavy atom. The largest absolute Gasteiger partial charge is 0.481 e. The van der Waals surface area contributed by atoms with E-state index in [1.54, 1.807) is 18.2 Å². The second-order valence-corrected chi connectivity index (χ2v) is 4.59. The number of hydrogen-bond donors (Lipinski definition) is 2. The van der Waals surface area contributed by atoms with Crippen LogP contribution in [-0.4, -0.2) is 36.7 Å². The zero-order valence-corrected chi connectivity index (χ0v) is 11.4. The maximum atomic E-state index is 11.8. The van der Waals surface area contributed by atoms with Gasteiger partial charge in [-0.25, -0.2) is 0 Å². The highest BCUT2D eigenvalue weighted by Crippen LogP contribution is 2.11. The molecule has 0 aliphatic rings. The molecule has 0 spiro atoms. The van der Waals surface area contributed by atoms with Gasteiger partial charge in [0.05, 0.1) is 12.5 Å². The molecule has 0 saturated carbocycles. The van der Waals surface area contributed by atoms with Crippen molar-refractivity contribution in [2.45, 2.75) is 12.5 Å². The number of methoxy groups -OCH3 is 1. The molecule has 0 aromatic heterocycles. The van der Waals surface area contributed by atoms with Crippen molar-refractivity contribution < 1.29 is 19.4 Å². The van der Waals surface area contributed by atoms with Gasteiger partial charge in [0.15, 0.2) is 0 Å². The van der Waals surface area contributed by atoms with Crippen LogP contribution in [0.3, 0.4) is 0 Å². The number of ether oxygens (including phenoxy) is 1. The highest BCUT2D eigenvalue weighted by molar-refractivity contribution is 9.10. The van der Waals surface area contributed by atoms with Gasteiger partial charge >= 0.3 is 5.97 Å². The summed E-state index contributed by atoms with van der Waals surface area (Å²) >= 11 is 3.27. The number of carbonyl (C=O) groups excluding carboxylic acids is 1. The number of halogens is 1. The van der Waals surface area contributed by atoms with E-state index < -0.39 is 12.1 Å². The molecular weight excluding hydrogens is 302 g/mol. The van der Waals surface area contributed by atoms with Crippen LogP contribution in [0.25, 0.3) is 0 Å². The minimum Gasteiger partial charge on any atom is -0.481 e. The molecule has 98 valence electrons. The van der Waals surface area contributed by atoms with Crippen LogP contribution in [0.1, 0.15) is 16.8 Å². The number of carboxylic acids is 1. The normalized spacial score (nSPS) is 11.9. The first-order valence-corrected chi connectivity index (χ1v) is 6.10. The Labute approximate surface area is 113 Å². The van der Waals surface area contributed by atoms with Gasteiger partial charge in [-0.15, -0.1) is 0 Å². The predicted octanol–water partition coefficient (Wildman–Crippen LogP) is 1.67. The molecule has 0 aliphatic carbocycles. The van der Waals surface area contributed by atoms with Gasteiger partial charge < -0.3 is 15.2 Å². The molecule has 1 unspecified atom stereocenters. The Balaban J connectivity index is 2.52. The van der Waals surface area contributed by atoms with Gasteiger partial charge in [0.2, 0.25) is 0 Å². The third-order valence-corrected chi connectivity index (χ3v) is 2.81. The number of amides is 1. The molecule has 1 aromatic rings. The first kappa shape index (κ1) is 14.7. The number of carbonyl (C=O) groups is 2. The lowest BCUT2D eigenvalue weighted by atomic mass is 10.2. The van der Waals surface area contributed by atoms with E-state index in [2.05, 4.69) is 21.2 Å². The first-order chi connectivity index (χ1) is 8.52. The fourth-order valence-corrected chi connectivity index (χ4v) is 1.77. The Hall–Kier alpha value is -1.40. The number of nitrogens with one attached hydrogen (secondary N) is 1. The number of aliphatic carboxylic acids is 1. The lowest BCUT2D eigenvalue weighted by Crippen LogP contribution is -2.34. The van der Waals surface area contributed by atoms with E-state index in [1.807, 2.05) is 6.07 Å². The van der Waals surface area contributed by atoms with Gasteiger partial charge in [-0.3, -0.25) is 9.59 Å². The van der Waals surface area contributed by atoms with E-state index in [1.165, 1.54) is 7.11 Å². The number of benzene rings is 1. The van der Waals surface area contributed by atoms with Crippen molar-refractivity contribution in [3.05, 3.63) is 34.3 Å². The zero-order valence-electron chi connectivity index (χ0n) is 9.85. The van der Waals surface area contributed by atoms with Crippen LogP contribution in [-0.2, 0) is 9.53 Å². The van der Waals surface area contributed by atoms with Crippen LogP contribution < -0.4 is 5.32 Å². The van der Waals surface area contributed by atoms with Crippen molar-refractivity contribution in [1.29, 1.82) is 0 Å². The van der Waals surface area contributed by atoms with Gasteiger partial charge in [-0.2, -0.15) is 0 Å². The summed E-state index contributed by atoms with van der Waals surface area (Å²) in [6.07, 6.45) is -0.673. The summed E-state index contributed by atoms with van der Waals surface area (Å²) in [5, 5.41) is 11.3. The van der Waals surface area contributed by atoms with Crippen molar-refractivity contribution in [3.8, 4) is 0 Å². The topological polar surface area (TPSA) is 75.6 Å². The summed E-state index contributed by atoms with van der Waals surface area (Å²) in [5.74, 6) is -1.22. The van der Waals surface area contributed by atoms with Crippen LogP contribution in [0, 0.1) is 0 Å². The highest BCUT2D eigenvalue weighted by atomic mass is 79.9. The lowest BCUT2D eigenvalue weighted by molar-refractivity contribution is -0.139. The summed E-state index contributed by atoms with van der Waals surface area (Å²) in [7, 11) is 1.42. The van der Waals surface area contributed by atoms with Crippen molar-refractivity contribution in [3.63, 3.8) is 0 Å². The molecule has 18 heavy (non-hydrogen) atoms. The summed E-state index contributed by atoms with van der Waals surface area (Å²) in [4.78, 5) is 22.3. The number of rotatable bonds is 6. The fraction of sp³-hybridized carbons (Fsp3) is 0.333. The van der Waals surface area contributed by atoms with Gasteiger partial charge in [0, 0.05) is 23.7 Å². The van der Waals surface area contributed by atoms with Crippen molar-refractivity contribution in [2.75, 3.05) is 13.7 Å². The monoisotopic (exact) mass is 315 g/mol. The zero-order chi connectivity index (χ0) is 13.5. The van der Waals surface area contributed by atoms with Crippen molar-refractivity contribution >= 4 is 27.8 Å². The molecular formula is C12H14BrNO4. The molecule has 0 heterocycles. The molecule has 0 fully saturated rings. The van der Waals surface area contributed by atoms with Crippen LogP contribution in [0.4, 0.5) is 0 Å². The highest BCUT2D eigenvalue weighted by Gasteiger charge is 2.14. The number of hydrogen-bond acceptors (Lipinski definition) is 3. The third kappa shape index (κ3) is 4.85. The van der Waals surface area contributed by atoms with Gasteiger partial charge in [0.1, 0.15) is 0 Å². The standard InChI is InChI=1S/C12H14BrNO4/c1-18-10(6-11(15)16)7-14-12(17)8-3-2-4-9(13)5-8/h2-5,10H,6-7H2,1H3,(H,14,17)(H,15,16). The van der Waals surface area contributed by atoms with E-state index in [-0.39, 0.29) is 18.9 Å². The molecule has 2 N–H and O–H groups in total. The SMILES string of the molecule is COC(CNC(=O)c1cccc(Br)c1)CC(=O)O. The van der Waals surface area contributed by atoms with Crippen LogP contribution in [0.2, 0.25) is 0 Å². The van der Waals surface area contributed by atoms with Crippen LogP contribution in [0.5, 0.6) is 0 Å². The van der Waals surface area contributed by atoms with Gasteiger partial charge in [0.25, 0.3) is 5.91 Å². The van der Waals surface area contributed by atoms with Gasteiger partial charge in [-0.1, -0.05) is 22.0 Å². The maximum absolute atomic E-state index is 11.8. The van der Waals surface area contributed by atoms with Crippen molar-refractivity contribution in [2.24, 2.45) is 0 Å². The lowest BCUT2D eigenvalue weighted by Gasteiger charge is -2.13. The molecule has 0 saturated heterocycles. The van der Waals surface area contributed by atoms with Gasteiger partial charge in [-0.05, 0) is 18.2 Å². The Morgan fingerprint density at radius 3 is 2.78 bits per heavy atom. The molecule has 0 bridgehead atoms. The van der Waals surface area contributed by atoms with Crippen molar-refractivity contribution in [1.82, 2.24) is 5.32 Å². The first-order valence-electron chi connectivity index (χ1n) is 5.31. The molecule has 1 aromatic carbocycles. The van der Waals surface area contributed by atoms with E-state index in [4.69, 9.17) is 9.84 Å². The predicted molar refractivity (Wildman–Crippen MR) is 69.5 cm³/mol. The number of carboxylic acid groups (broad SMARTS) is 1. The van der Waals surface area contributed by atoms with E-state index >= 15 is 0 Å². The summed E-state index contributed by atoms with van der Waals surface area (Å²) in [6, 6.07) is 6.94. The molecule has 0 aliphatic heterocycles. The van der Waals surface area contributed by atoms with E-state index in [9.17, 15) is 9.59 Å². The average Bonchev–Trinajstić information content (AvgIpc) is 2.33. The Bertz CT molecular complexity index is 436. The maximum Gasteiger partial charge on any atom is 0.306 e. The van der Waals surface area contributed by atoms with Crippen LogP contribution in [0.15, 0.2) is 28.7 Å². The van der Waals surface area contributed by atoms with E-state index in [0.717, 1.165) is 4.47 Å². The fourth-order valence-electron chi connectivity index (χ4n) is 1.37. The minimum absolute atomic E-state index is 0.144. The third-order valence-electron chi connectivity index (χ3n) is 2.31. The second kappa shape index (κ2) is 7.13. The molecule has 5 nitrogen and oxygen atoms in total. The van der Waals surface area contributed by atoms with Crippen LogP contribution >= 0.6 is 15.9 Å². The molecule has 6 heteroatoms. The second-order valence-electron chi connectivity index (χ2n) is 3.68. The quantitative estimate of drug-likeness (QED) is 0.837.